The number of rotatable bonds is 3. The summed E-state index contributed by atoms with van der Waals surface area (Å²) in [5.41, 5.74) is 0. The third kappa shape index (κ3) is 2.85. The minimum atomic E-state index is -1.03. The SMILES string of the molecule is CN(CC(=O)O)C(=N)N1CC(CCl)CC1=O. The van der Waals surface area contributed by atoms with Gasteiger partial charge in [0.05, 0.1) is 0 Å². The molecule has 0 aromatic rings. The van der Waals surface area contributed by atoms with Crippen molar-refractivity contribution < 1.29 is 14.7 Å². The standard InChI is InChI=1S/C9H14ClN3O3/c1-12(5-8(15)16)9(11)13-4-6(3-10)2-7(13)14/h6,11H,2-5H2,1H3,(H,15,16). The van der Waals surface area contributed by atoms with Gasteiger partial charge in [0, 0.05) is 25.9 Å². The fraction of sp³-hybridized carbons (Fsp3) is 0.667. The molecule has 0 radical (unpaired) electrons. The van der Waals surface area contributed by atoms with Crippen molar-refractivity contribution >= 4 is 29.4 Å². The molecule has 0 spiro atoms. The molecule has 1 fully saturated rings. The lowest BCUT2D eigenvalue weighted by Gasteiger charge is -2.25. The Balaban J connectivity index is 2.60. The van der Waals surface area contributed by atoms with Gasteiger partial charge in [-0.15, -0.1) is 11.6 Å². The highest BCUT2D eigenvalue weighted by molar-refractivity contribution is 6.18. The van der Waals surface area contributed by atoms with E-state index in [0.717, 1.165) is 0 Å². The maximum atomic E-state index is 11.5. The van der Waals surface area contributed by atoms with Gasteiger partial charge in [-0.3, -0.25) is 19.9 Å². The molecule has 1 aliphatic rings. The molecule has 1 aliphatic heterocycles. The summed E-state index contributed by atoms with van der Waals surface area (Å²) in [5.74, 6) is -0.869. The van der Waals surface area contributed by atoms with Crippen LogP contribution in [0.5, 0.6) is 0 Å². The molecule has 1 heterocycles. The van der Waals surface area contributed by atoms with Gasteiger partial charge < -0.3 is 10.0 Å². The number of nitrogens with one attached hydrogen (secondary N) is 1. The van der Waals surface area contributed by atoms with Crippen LogP contribution in [0.25, 0.3) is 0 Å². The number of carbonyl (C=O) groups excluding carboxylic acids is 1. The topological polar surface area (TPSA) is 84.7 Å². The zero-order valence-electron chi connectivity index (χ0n) is 8.94. The Morgan fingerprint density at radius 2 is 2.38 bits per heavy atom. The highest BCUT2D eigenvalue weighted by atomic mass is 35.5. The Kier molecular flexibility index (Phi) is 4.12. The van der Waals surface area contributed by atoms with Gasteiger partial charge in [-0.1, -0.05) is 0 Å². The van der Waals surface area contributed by atoms with Crippen molar-refractivity contribution in [2.75, 3.05) is 26.0 Å². The zero-order chi connectivity index (χ0) is 12.3. The van der Waals surface area contributed by atoms with Crippen LogP contribution < -0.4 is 0 Å². The molecule has 0 aromatic carbocycles. The summed E-state index contributed by atoms with van der Waals surface area (Å²) in [5, 5.41) is 16.3. The van der Waals surface area contributed by atoms with Crippen LogP contribution in [0.3, 0.4) is 0 Å². The van der Waals surface area contributed by atoms with Crippen LogP contribution in [0, 0.1) is 11.3 Å². The molecule has 0 aromatic heterocycles. The van der Waals surface area contributed by atoms with Gasteiger partial charge in [0.25, 0.3) is 0 Å². The first-order valence-electron chi connectivity index (χ1n) is 4.83. The first kappa shape index (κ1) is 12.8. The average molecular weight is 248 g/mol. The van der Waals surface area contributed by atoms with Gasteiger partial charge in [-0.05, 0) is 5.92 Å². The zero-order valence-corrected chi connectivity index (χ0v) is 9.70. The summed E-state index contributed by atoms with van der Waals surface area (Å²) in [6, 6.07) is 0. The van der Waals surface area contributed by atoms with Crippen molar-refractivity contribution in [1.29, 1.82) is 5.41 Å². The molecule has 1 unspecified atom stereocenters. The van der Waals surface area contributed by atoms with E-state index in [9.17, 15) is 9.59 Å². The predicted octanol–water partition coefficient (Wildman–Crippen LogP) is 0.0249. The fourth-order valence-electron chi connectivity index (χ4n) is 1.57. The maximum absolute atomic E-state index is 11.5. The number of guanidine groups is 1. The van der Waals surface area contributed by atoms with E-state index in [1.165, 1.54) is 16.8 Å². The Labute approximate surface area is 98.3 Å². The van der Waals surface area contributed by atoms with Crippen molar-refractivity contribution in [3.63, 3.8) is 0 Å². The molecule has 6 nitrogen and oxygen atoms in total. The van der Waals surface area contributed by atoms with Crippen LogP contribution >= 0.6 is 11.6 Å². The number of nitrogens with zero attached hydrogens (tertiary/aromatic N) is 2. The molecule has 0 aliphatic carbocycles. The smallest absolute Gasteiger partial charge is 0.323 e. The fourth-order valence-corrected chi connectivity index (χ4v) is 1.78. The number of carboxylic acids is 1. The summed E-state index contributed by atoms with van der Waals surface area (Å²) < 4.78 is 0. The molecular weight excluding hydrogens is 234 g/mol. The first-order chi connectivity index (χ1) is 7.45. The number of halogens is 1. The highest BCUT2D eigenvalue weighted by Crippen LogP contribution is 2.19. The van der Waals surface area contributed by atoms with Crippen LogP contribution in [0.2, 0.25) is 0 Å². The van der Waals surface area contributed by atoms with Crippen molar-refractivity contribution in [2.24, 2.45) is 5.92 Å². The molecule has 1 atom stereocenters. The summed E-state index contributed by atoms with van der Waals surface area (Å²) >= 11 is 5.65. The number of aliphatic carboxylic acids is 1. The first-order valence-corrected chi connectivity index (χ1v) is 5.37. The van der Waals surface area contributed by atoms with Crippen molar-refractivity contribution in [3.8, 4) is 0 Å². The molecule has 7 heteroatoms. The second-order valence-electron chi connectivity index (χ2n) is 3.80. The highest BCUT2D eigenvalue weighted by Gasteiger charge is 2.33. The van der Waals surface area contributed by atoms with Gasteiger partial charge in [0.2, 0.25) is 11.9 Å². The molecule has 2 N–H and O–H groups in total. The lowest BCUT2D eigenvalue weighted by Crippen LogP contribution is -2.44. The largest absolute Gasteiger partial charge is 0.480 e. The van der Waals surface area contributed by atoms with Gasteiger partial charge in [-0.25, -0.2) is 0 Å². The molecule has 90 valence electrons. The van der Waals surface area contributed by atoms with E-state index < -0.39 is 5.97 Å². The average Bonchev–Trinajstić information content (AvgIpc) is 2.57. The molecular formula is C9H14ClN3O3. The van der Waals surface area contributed by atoms with Crippen molar-refractivity contribution in [1.82, 2.24) is 9.80 Å². The van der Waals surface area contributed by atoms with Crippen molar-refractivity contribution in [2.45, 2.75) is 6.42 Å². The monoisotopic (exact) mass is 247 g/mol. The van der Waals surface area contributed by atoms with E-state index in [2.05, 4.69) is 0 Å². The van der Waals surface area contributed by atoms with E-state index in [1.807, 2.05) is 0 Å². The summed E-state index contributed by atoms with van der Waals surface area (Å²) in [6.45, 7) is 0.0965. The molecule has 1 rings (SSSR count). The van der Waals surface area contributed by atoms with Crippen LogP contribution in [0.15, 0.2) is 0 Å². The van der Waals surface area contributed by atoms with Crippen LogP contribution in [0.1, 0.15) is 6.42 Å². The van der Waals surface area contributed by atoms with Gasteiger partial charge in [0.15, 0.2) is 0 Å². The van der Waals surface area contributed by atoms with E-state index in [-0.39, 0.29) is 24.3 Å². The number of likely N-dealkylation sites (tertiary alicyclic amines) is 1. The molecule has 0 saturated carbocycles. The number of amides is 1. The van der Waals surface area contributed by atoms with E-state index >= 15 is 0 Å². The second-order valence-corrected chi connectivity index (χ2v) is 4.11. The lowest BCUT2D eigenvalue weighted by molar-refractivity contribution is -0.137. The number of hydrogen-bond donors (Lipinski definition) is 2. The summed E-state index contributed by atoms with van der Waals surface area (Å²) in [7, 11) is 1.47. The number of carbonyl (C=O) groups is 2. The molecule has 1 amide bonds. The molecule has 0 bridgehead atoms. The Bertz CT molecular complexity index is 321. The normalized spacial score (nSPS) is 20.0. The maximum Gasteiger partial charge on any atom is 0.323 e. The van der Waals surface area contributed by atoms with Crippen molar-refractivity contribution in [3.05, 3.63) is 0 Å². The molecule has 1 saturated heterocycles. The third-order valence-corrected chi connectivity index (χ3v) is 2.85. The molecule has 16 heavy (non-hydrogen) atoms. The van der Waals surface area contributed by atoms with Gasteiger partial charge in [-0.2, -0.15) is 0 Å². The Hall–Kier alpha value is -1.30. The van der Waals surface area contributed by atoms with E-state index in [0.29, 0.717) is 18.8 Å². The van der Waals surface area contributed by atoms with Crippen LogP contribution in [-0.4, -0.2) is 58.8 Å². The van der Waals surface area contributed by atoms with Gasteiger partial charge >= 0.3 is 5.97 Å². The number of hydrogen-bond acceptors (Lipinski definition) is 3. The van der Waals surface area contributed by atoms with Crippen LogP contribution in [0.4, 0.5) is 0 Å². The lowest BCUT2D eigenvalue weighted by atomic mass is 10.2. The minimum Gasteiger partial charge on any atom is -0.480 e. The van der Waals surface area contributed by atoms with E-state index in [4.69, 9.17) is 22.1 Å². The number of likely N-dealkylation sites (N-methyl/N-ethyl adjacent to an activating group) is 1. The van der Waals surface area contributed by atoms with E-state index in [1.54, 1.807) is 0 Å². The summed E-state index contributed by atoms with van der Waals surface area (Å²) in [4.78, 5) is 24.5. The Morgan fingerprint density at radius 1 is 1.75 bits per heavy atom. The minimum absolute atomic E-state index is 0.0488. The quantitative estimate of drug-likeness (QED) is 0.419. The van der Waals surface area contributed by atoms with Crippen LogP contribution in [-0.2, 0) is 9.59 Å². The van der Waals surface area contributed by atoms with Gasteiger partial charge in [0.1, 0.15) is 6.54 Å². The third-order valence-electron chi connectivity index (χ3n) is 2.41. The Morgan fingerprint density at radius 3 is 2.81 bits per heavy atom. The predicted molar refractivity (Wildman–Crippen MR) is 58.5 cm³/mol. The number of alkyl halides is 1. The number of carboxylic acid groups (broad SMARTS) is 1. The second kappa shape index (κ2) is 5.16. The summed E-state index contributed by atoms with van der Waals surface area (Å²) in [6.07, 6.45) is 0.326.